The van der Waals surface area contributed by atoms with Crippen molar-refractivity contribution in [1.82, 2.24) is 4.90 Å². The van der Waals surface area contributed by atoms with Crippen molar-refractivity contribution >= 4 is 0 Å². The van der Waals surface area contributed by atoms with Crippen LogP contribution < -0.4 is 0 Å². The molecule has 0 N–H and O–H groups in total. The predicted molar refractivity (Wildman–Crippen MR) is 89.7 cm³/mol. The van der Waals surface area contributed by atoms with E-state index in [1.54, 1.807) is 0 Å². The Hall–Kier alpha value is -1.64. The molecule has 2 heteroatoms. The molecule has 2 nitrogen and oxygen atoms in total. The summed E-state index contributed by atoms with van der Waals surface area (Å²) >= 11 is 0. The second-order valence-corrected chi connectivity index (χ2v) is 6.53. The largest absolute Gasteiger partial charge is 0.380 e. The van der Waals surface area contributed by atoms with Crippen LogP contribution in [0.5, 0.6) is 0 Å². The van der Waals surface area contributed by atoms with Gasteiger partial charge in [0.25, 0.3) is 0 Å². The lowest BCUT2D eigenvalue weighted by Crippen LogP contribution is -2.37. The van der Waals surface area contributed by atoms with E-state index in [2.05, 4.69) is 59.5 Å². The Bertz CT molecular complexity index is 633. The monoisotopic (exact) mass is 293 g/mol. The third kappa shape index (κ3) is 2.69. The van der Waals surface area contributed by atoms with Crippen LogP contribution in [0.3, 0.4) is 0 Å². The van der Waals surface area contributed by atoms with Crippen molar-refractivity contribution in [2.75, 3.05) is 19.8 Å². The molecule has 0 aromatic heterocycles. The molecule has 0 bridgehead atoms. The smallest absolute Gasteiger partial charge is 0.0593 e. The molecule has 22 heavy (non-hydrogen) atoms. The summed E-state index contributed by atoms with van der Waals surface area (Å²) in [4.78, 5) is 2.67. The Morgan fingerprint density at radius 2 is 1.64 bits per heavy atom. The molecule has 1 spiro atoms. The van der Waals surface area contributed by atoms with Gasteiger partial charge >= 0.3 is 0 Å². The van der Waals surface area contributed by atoms with Crippen molar-refractivity contribution in [3.05, 3.63) is 60.2 Å². The third-order valence-corrected chi connectivity index (χ3v) is 5.18. The quantitative estimate of drug-likeness (QED) is 0.844. The zero-order valence-corrected chi connectivity index (χ0v) is 13.0. The third-order valence-electron chi connectivity index (χ3n) is 5.18. The number of rotatable bonds is 3. The van der Waals surface area contributed by atoms with Crippen molar-refractivity contribution in [2.45, 2.75) is 31.3 Å². The Morgan fingerprint density at radius 3 is 2.45 bits per heavy atom. The van der Waals surface area contributed by atoms with Crippen LogP contribution in [0, 0.1) is 0 Å². The first kappa shape index (κ1) is 14.0. The molecule has 0 atom stereocenters. The molecular formula is C20H23NO. The van der Waals surface area contributed by atoms with Crippen LogP contribution in [-0.2, 0) is 11.3 Å². The lowest BCUT2D eigenvalue weighted by atomic mass is 9.98. The zero-order valence-electron chi connectivity index (χ0n) is 13.0. The van der Waals surface area contributed by atoms with Gasteiger partial charge in [-0.3, -0.25) is 4.90 Å². The van der Waals surface area contributed by atoms with Crippen LogP contribution >= 0.6 is 0 Å². The van der Waals surface area contributed by atoms with Gasteiger partial charge in [0.15, 0.2) is 0 Å². The maximum Gasteiger partial charge on any atom is 0.0593 e. The number of hydrogen-bond acceptors (Lipinski definition) is 2. The highest BCUT2D eigenvalue weighted by atomic mass is 16.5. The summed E-state index contributed by atoms with van der Waals surface area (Å²) in [6.07, 6.45) is 3.87. The van der Waals surface area contributed by atoms with Crippen LogP contribution in [0.1, 0.15) is 24.8 Å². The fourth-order valence-corrected chi connectivity index (χ4v) is 3.65. The maximum absolute atomic E-state index is 5.71. The summed E-state index contributed by atoms with van der Waals surface area (Å²) < 4.78 is 5.71. The molecule has 2 aromatic carbocycles. The molecule has 0 amide bonds. The van der Waals surface area contributed by atoms with E-state index in [0.717, 1.165) is 26.3 Å². The SMILES string of the molecule is c1ccc(-c2ccccc2CN2CCOCCC23CC3)cc1. The Labute approximate surface area is 132 Å². The number of ether oxygens (including phenoxy) is 1. The van der Waals surface area contributed by atoms with E-state index >= 15 is 0 Å². The number of benzene rings is 2. The molecule has 1 aliphatic carbocycles. The minimum Gasteiger partial charge on any atom is -0.380 e. The van der Waals surface area contributed by atoms with Crippen molar-refractivity contribution in [2.24, 2.45) is 0 Å². The molecule has 1 heterocycles. The minimum absolute atomic E-state index is 0.431. The van der Waals surface area contributed by atoms with Gasteiger partial charge in [0.2, 0.25) is 0 Å². The number of hydrogen-bond donors (Lipinski definition) is 0. The summed E-state index contributed by atoms with van der Waals surface area (Å²) in [6.45, 7) is 3.89. The Morgan fingerprint density at radius 1 is 0.864 bits per heavy atom. The standard InChI is InChI=1S/C20H23NO/c1-2-6-17(7-3-1)19-9-5-4-8-18(19)16-21-13-15-22-14-12-20(21)10-11-20/h1-9H,10-16H2. The first-order valence-corrected chi connectivity index (χ1v) is 8.34. The first-order chi connectivity index (χ1) is 10.9. The summed E-state index contributed by atoms with van der Waals surface area (Å²) in [5, 5.41) is 0. The van der Waals surface area contributed by atoms with Gasteiger partial charge in [0.1, 0.15) is 0 Å². The molecule has 4 rings (SSSR count). The van der Waals surface area contributed by atoms with Gasteiger partial charge < -0.3 is 4.74 Å². The number of nitrogens with zero attached hydrogens (tertiary/aromatic N) is 1. The van der Waals surface area contributed by atoms with Crippen molar-refractivity contribution in [3.8, 4) is 11.1 Å². The topological polar surface area (TPSA) is 12.5 Å². The molecule has 2 aromatic rings. The van der Waals surface area contributed by atoms with E-state index in [0.29, 0.717) is 5.54 Å². The van der Waals surface area contributed by atoms with Gasteiger partial charge in [-0.05, 0) is 36.0 Å². The predicted octanol–water partition coefficient (Wildman–Crippen LogP) is 4.11. The zero-order chi connectivity index (χ0) is 14.8. The summed E-state index contributed by atoms with van der Waals surface area (Å²) in [6, 6.07) is 19.6. The van der Waals surface area contributed by atoms with E-state index in [9.17, 15) is 0 Å². The van der Waals surface area contributed by atoms with Gasteiger partial charge in [0, 0.05) is 25.2 Å². The van der Waals surface area contributed by atoms with Crippen LogP contribution in [-0.4, -0.2) is 30.2 Å². The highest BCUT2D eigenvalue weighted by Crippen LogP contribution is 2.46. The van der Waals surface area contributed by atoms with E-state index < -0.39 is 0 Å². The summed E-state index contributed by atoms with van der Waals surface area (Å²) in [5.41, 5.74) is 4.54. The molecule has 0 unspecified atom stereocenters. The highest BCUT2D eigenvalue weighted by Gasteiger charge is 2.48. The molecule has 2 fully saturated rings. The van der Waals surface area contributed by atoms with E-state index in [1.807, 2.05) is 0 Å². The maximum atomic E-state index is 5.71. The summed E-state index contributed by atoms with van der Waals surface area (Å²) in [7, 11) is 0. The highest BCUT2D eigenvalue weighted by molar-refractivity contribution is 5.67. The molecule has 1 saturated heterocycles. The fraction of sp³-hybridized carbons (Fsp3) is 0.400. The molecule has 2 aliphatic rings. The van der Waals surface area contributed by atoms with E-state index in [-0.39, 0.29) is 0 Å². The molecule has 0 radical (unpaired) electrons. The van der Waals surface area contributed by atoms with E-state index in [4.69, 9.17) is 4.74 Å². The van der Waals surface area contributed by atoms with Crippen molar-refractivity contribution in [3.63, 3.8) is 0 Å². The van der Waals surface area contributed by atoms with E-state index in [1.165, 1.54) is 36.0 Å². The Balaban J connectivity index is 1.63. The molecule has 1 saturated carbocycles. The van der Waals surface area contributed by atoms with Crippen LogP contribution in [0.2, 0.25) is 0 Å². The van der Waals surface area contributed by atoms with Crippen LogP contribution in [0.15, 0.2) is 54.6 Å². The molecular weight excluding hydrogens is 270 g/mol. The lowest BCUT2D eigenvalue weighted by Gasteiger charge is -2.30. The Kier molecular flexibility index (Phi) is 3.73. The minimum atomic E-state index is 0.431. The van der Waals surface area contributed by atoms with Crippen LogP contribution in [0.4, 0.5) is 0 Å². The molecule has 114 valence electrons. The fourth-order valence-electron chi connectivity index (χ4n) is 3.65. The van der Waals surface area contributed by atoms with Gasteiger partial charge in [0.05, 0.1) is 6.61 Å². The van der Waals surface area contributed by atoms with Gasteiger partial charge in [-0.1, -0.05) is 54.6 Å². The molecule has 1 aliphatic heterocycles. The first-order valence-electron chi connectivity index (χ1n) is 8.34. The second-order valence-electron chi connectivity index (χ2n) is 6.53. The van der Waals surface area contributed by atoms with Crippen molar-refractivity contribution < 1.29 is 4.74 Å². The second kappa shape index (κ2) is 5.86. The summed E-state index contributed by atoms with van der Waals surface area (Å²) in [5.74, 6) is 0. The normalized spacial score (nSPS) is 20.7. The van der Waals surface area contributed by atoms with Crippen molar-refractivity contribution in [1.29, 1.82) is 0 Å². The average molecular weight is 293 g/mol. The van der Waals surface area contributed by atoms with Crippen LogP contribution in [0.25, 0.3) is 11.1 Å². The van der Waals surface area contributed by atoms with Gasteiger partial charge in [-0.15, -0.1) is 0 Å². The van der Waals surface area contributed by atoms with Gasteiger partial charge in [-0.25, -0.2) is 0 Å². The average Bonchev–Trinajstić information content (AvgIpc) is 3.38. The van der Waals surface area contributed by atoms with Gasteiger partial charge in [-0.2, -0.15) is 0 Å². The lowest BCUT2D eigenvalue weighted by molar-refractivity contribution is 0.137.